The molecule has 0 aliphatic heterocycles. The van der Waals surface area contributed by atoms with Crippen molar-refractivity contribution in [3.8, 4) is 11.8 Å². The van der Waals surface area contributed by atoms with Crippen molar-refractivity contribution < 1.29 is 9.90 Å². The van der Waals surface area contributed by atoms with Gasteiger partial charge >= 0.3 is 0 Å². The van der Waals surface area contributed by atoms with Crippen LogP contribution >= 0.6 is 0 Å². The Labute approximate surface area is 124 Å². The van der Waals surface area contributed by atoms with E-state index in [-0.39, 0.29) is 11.3 Å². The minimum absolute atomic E-state index is 0.0497. The van der Waals surface area contributed by atoms with E-state index in [0.29, 0.717) is 11.7 Å². The Balaban J connectivity index is 1.94. The molecule has 1 aromatic rings. The first-order valence-corrected chi connectivity index (χ1v) is 7.16. The fourth-order valence-corrected chi connectivity index (χ4v) is 2.36. The summed E-state index contributed by atoms with van der Waals surface area (Å²) < 4.78 is 0. The molecule has 1 fully saturated rings. The largest absolute Gasteiger partial charge is 0.508 e. The van der Waals surface area contributed by atoms with E-state index in [0.717, 1.165) is 12.8 Å². The third kappa shape index (κ3) is 4.53. The highest BCUT2D eigenvalue weighted by molar-refractivity contribution is 6.06. The van der Waals surface area contributed by atoms with Crippen LogP contribution in [-0.2, 0) is 4.79 Å². The number of hydrogen-bond acceptors (Lipinski definition) is 4. The maximum atomic E-state index is 12.0. The molecule has 0 radical (unpaired) electrons. The van der Waals surface area contributed by atoms with E-state index in [1.54, 1.807) is 12.1 Å². The van der Waals surface area contributed by atoms with Gasteiger partial charge in [-0.05, 0) is 37.1 Å². The number of aromatic hydroxyl groups is 1. The van der Waals surface area contributed by atoms with Crippen LogP contribution < -0.4 is 10.6 Å². The summed E-state index contributed by atoms with van der Waals surface area (Å²) in [4.78, 5) is 12.0. The fraction of sp³-hybridized carbons (Fsp3) is 0.375. The highest BCUT2D eigenvalue weighted by Crippen LogP contribution is 2.18. The highest BCUT2D eigenvalue weighted by atomic mass is 16.3. The molecule has 0 bridgehead atoms. The first kappa shape index (κ1) is 14.9. The maximum Gasteiger partial charge on any atom is 0.267 e. The molecule has 5 heteroatoms. The van der Waals surface area contributed by atoms with Crippen LogP contribution in [0.1, 0.15) is 32.1 Å². The van der Waals surface area contributed by atoms with Gasteiger partial charge in [-0.2, -0.15) is 5.26 Å². The number of carbonyl (C=O) groups excluding carboxylic acids is 1. The summed E-state index contributed by atoms with van der Waals surface area (Å²) in [7, 11) is 0. The van der Waals surface area contributed by atoms with Crippen molar-refractivity contribution >= 4 is 11.6 Å². The second-order valence-electron chi connectivity index (χ2n) is 5.17. The number of hydrogen-bond donors (Lipinski definition) is 3. The molecule has 1 aliphatic carbocycles. The van der Waals surface area contributed by atoms with Crippen LogP contribution in [0.25, 0.3) is 0 Å². The molecule has 1 aliphatic rings. The SMILES string of the molecule is N#C/C(=C/NC1CCCCC1)C(=O)Nc1ccc(O)cc1. The number of benzene rings is 1. The van der Waals surface area contributed by atoms with E-state index in [1.165, 1.54) is 37.6 Å². The zero-order valence-electron chi connectivity index (χ0n) is 11.8. The van der Waals surface area contributed by atoms with Gasteiger partial charge < -0.3 is 15.7 Å². The zero-order chi connectivity index (χ0) is 15.1. The molecule has 0 aromatic heterocycles. The molecular weight excluding hydrogens is 266 g/mol. The molecule has 5 nitrogen and oxygen atoms in total. The number of nitrogens with one attached hydrogen (secondary N) is 2. The lowest BCUT2D eigenvalue weighted by Gasteiger charge is -2.21. The predicted molar refractivity (Wildman–Crippen MR) is 80.4 cm³/mol. The standard InChI is InChI=1S/C16H19N3O2/c17-10-12(11-18-13-4-2-1-3-5-13)16(21)19-14-6-8-15(20)9-7-14/h6-9,11,13,18,20H,1-5H2,(H,19,21)/b12-11-. The summed E-state index contributed by atoms with van der Waals surface area (Å²) in [6.45, 7) is 0. The van der Waals surface area contributed by atoms with Crippen LogP contribution in [0.15, 0.2) is 36.0 Å². The summed E-state index contributed by atoms with van der Waals surface area (Å²) in [5.41, 5.74) is 0.588. The summed E-state index contributed by atoms with van der Waals surface area (Å²) in [6.07, 6.45) is 7.30. The number of phenols is 1. The van der Waals surface area contributed by atoms with Crippen molar-refractivity contribution in [3.05, 3.63) is 36.0 Å². The Kier molecular flexibility index (Phi) is 5.22. The summed E-state index contributed by atoms with van der Waals surface area (Å²) in [6, 6.07) is 8.38. The van der Waals surface area contributed by atoms with Crippen LogP contribution in [0, 0.1) is 11.3 Å². The molecular formula is C16H19N3O2. The molecule has 0 heterocycles. The van der Waals surface area contributed by atoms with Crippen molar-refractivity contribution in [2.75, 3.05) is 5.32 Å². The highest BCUT2D eigenvalue weighted by Gasteiger charge is 2.13. The average Bonchev–Trinajstić information content (AvgIpc) is 2.51. The lowest BCUT2D eigenvalue weighted by molar-refractivity contribution is -0.112. The molecule has 1 amide bonds. The number of amides is 1. The first-order valence-electron chi connectivity index (χ1n) is 7.16. The molecule has 2 rings (SSSR count). The van der Waals surface area contributed by atoms with E-state index >= 15 is 0 Å². The molecule has 110 valence electrons. The number of nitrogens with zero attached hydrogens (tertiary/aromatic N) is 1. The topological polar surface area (TPSA) is 85.2 Å². The van der Waals surface area contributed by atoms with Crippen molar-refractivity contribution in [3.63, 3.8) is 0 Å². The van der Waals surface area contributed by atoms with E-state index in [1.807, 2.05) is 6.07 Å². The number of carbonyl (C=O) groups is 1. The summed E-state index contributed by atoms with van der Waals surface area (Å²) in [5, 5.41) is 24.1. The number of phenolic OH excluding ortho intramolecular Hbond substituents is 1. The maximum absolute atomic E-state index is 12.0. The van der Waals surface area contributed by atoms with Crippen molar-refractivity contribution in [1.82, 2.24) is 5.32 Å². The third-order valence-electron chi connectivity index (χ3n) is 3.56. The van der Waals surface area contributed by atoms with Crippen LogP contribution in [-0.4, -0.2) is 17.1 Å². The smallest absolute Gasteiger partial charge is 0.267 e. The Bertz CT molecular complexity index is 552. The van der Waals surface area contributed by atoms with Gasteiger partial charge in [0.2, 0.25) is 0 Å². The van der Waals surface area contributed by atoms with Gasteiger partial charge in [-0.1, -0.05) is 19.3 Å². The third-order valence-corrected chi connectivity index (χ3v) is 3.56. The van der Waals surface area contributed by atoms with Gasteiger partial charge in [0.1, 0.15) is 17.4 Å². The lowest BCUT2D eigenvalue weighted by Crippen LogP contribution is -2.28. The van der Waals surface area contributed by atoms with Crippen molar-refractivity contribution in [1.29, 1.82) is 5.26 Å². The quantitative estimate of drug-likeness (QED) is 0.451. The number of nitriles is 1. The normalized spacial score (nSPS) is 16.0. The Morgan fingerprint density at radius 2 is 1.90 bits per heavy atom. The Morgan fingerprint density at radius 3 is 2.52 bits per heavy atom. The van der Waals surface area contributed by atoms with Gasteiger partial charge in [0.05, 0.1) is 0 Å². The van der Waals surface area contributed by atoms with Crippen LogP contribution in [0.3, 0.4) is 0 Å². The molecule has 0 unspecified atom stereocenters. The number of rotatable bonds is 4. The Hall–Kier alpha value is -2.48. The second kappa shape index (κ2) is 7.34. The molecule has 3 N–H and O–H groups in total. The van der Waals surface area contributed by atoms with Gasteiger partial charge in [-0.3, -0.25) is 4.79 Å². The fourth-order valence-electron chi connectivity index (χ4n) is 2.36. The van der Waals surface area contributed by atoms with Crippen LogP contribution in [0.4, 0.5) is 5.69 Å². The average molecular weight is 285 g/mol. The van der Waals surface area contributed by atoms with Gasteiger partial charge in [0, 0.05) is 17.9 Å². The summed E-state index contributed by atoms with van der Waals surface area (Å²) >= 11 is 0. The lowest BCUT2D eigenvalue weighted by atomic mass is 9.96. The van der Waals surface area contributed by atoms with Gasteiger partial charge in [0.25, 0.3) is 5.91 Å². The van der Waals surface area contributed by atoms with E-state index in [9.17, 15) is 9.90 Å². The second-order valence-corrected chi connectivity index (χ2v) is 5.17. The monoisotopic (exact) mass is 285 g/mol. The molecule has 1 saturated carbocycles. The predicted octanol–water partition coefficient (Wildman–Crippen LogP) is 2.66. The van der Waals surface area contributed by atoms with Crippen molar-refractivity contribution in [2.24, 2.45) is 0 Å². The van der Waals surface area contributed by atoms with Gasteiger partial charge in [-0.25, -0.2) is 0 Å². The first-order chi connectivity index (χ1) is 10.2. The molecule has 0 spiro atoms. The minimum atomic E-state index is -0.452. The number of anilines is 1. The Morgan fingerprint density at radius 1 is 1.24 bits per heavy atom. The van der Waals surface area contributed by atoms with Crippen LogP contribution in [0.5, 0.6) is 5.75 Å². The zero-order valence-corrected chi connectivity index (χ0v) is 11.8. The van der Waals surface area contributed by atoms with Crippen LogP contribution in [0.2, 0.25) is 0 Å². The van der Waals surface area contributed by atoms with E-state index in [2.05, 4.69) is 10.6 Å². The van der Waals surface area contributed by atoms with Gasteiger partial charge in [-0.15, -0.1) is 0 Å². The minimum Gasteiger partial charge on any atom is -0.508 e. The van der Waals surface area contributed by atoms with E-state index < -0.39 is 5.91 Å². The molecule has 21 heavy (non-hydrogen) atoms. The van der Waals surface area contributed by atoms with E-state index in [4.69, 9.17) is 5.26 Å². The van der Waals surface area contributed by atoms with Gasteiger partial charge in [0.15, 0.2) is 0 Å². The molecule has 1 aromatic carbocycles. The molecule has 0 saturated heterocycles. The molecule has 0 atom stereocenters. The van der Waals surface area contributed by atoms with Crippen molar-refractivity contribution in [2.45, 2.75) is 38.1 Å². The summed E-state index contributed by atoms with van der Waals surface area (Å²) in [5.74, 6) is -0.325.